The molecule has 0 radical (unpaired) electrons. The molecule has 1 aromatic heterocycles. The number of aliphatic hydroxyl groups is 1. The first kappa shape index (κ1) is 13.8. The summed E-state index contributed by atoms with van der Waals surface area (Å²) in [4.78, 5) is 3.75. The van der Waals surface area contributed by atoms with Crippen LogP contribution in [0.3, 0.4) is 0 Å². The van der Waals surface area contributed by atoms with E-state index in [0.717, 1.165) is 17.4 Å². The largest absolute Gasteiger partial charge is 0.396 e. The van der Waals surface area contributed by atoms with E-state index in [2.05, 4.69) is 49.3 Å². The number of likely N-dealkylation sites (N-methyl/N-ethyl adjacent to an activating group) is 1. The Balaban J connectivity index is 1.73. The highest BCUT2D eigenvalue weighted by Crippen LogP contribution is 2.57. The second kappa shape index (κ2) is 4.49. The van der Waals surface area contributed by atoms with Crippen molar-refractivity contribution in [1.82, 2.24) is 4.98 Å². The molecule has 3 saturated heterocycles. The Morgan fingerprint density at radius 1 is 1.35 bits per heavy atom. The molecule has 0 aliphatic carbocycles. The number of rotatable bonds is 1. The van der Waals surface area contributed by atoms with Crippen molar-refractivity contribution < 1.29 is 9.59 Å². The molecule has 3 fully saturated rings. The van der Waals surface area contributed by atoms with Crippen molar-refractivity contribution in [2.45, 2.75) is 31.8 Å². The van der Waals surface area contributed by atoms with Crippen LogP contribution in [0.4, 0.5) is 0 Å². The van der Waals surface area contributed by atoms with Crippen LogP contribution in [0.1, 0.15) is 30.6 Å². The number of para-hydroxylation sites is 1. The average Bonchev–Trinajstić information content (AvgIpc) is 2.92. The molecule has 0 saturated carbocycles. The van der Waals surface area contributed by atoms with E-state index in [1.807, 2.05) is 0 Å². The Morgan fingerprint density at radius 2 is 2.17 bits per heavy atom. The molecule has 2 aromatic rings. The van der Waals surface area contributed by atoms with Crippen LogP contribution >= 0.6 is 0 Å². The standard InChI is InChI=1S/C20H25N2O/c1-3-12-10-22(2)18-9-15-13-6-4-5-7-17(13)21-20(15)19(22)8-14(12)16(18)11-23/h3-7,14,16,18-19,21,23H,8-11H2,1-2H3/q+1/b12-3-/t14-,16-,18-,19-,22?/m1/s1. The fourth-order valence-corrected chi connectivity index (χ4v) is 6.02. The van der Waals surface area contributed by atoms with Gasteiger partial charge in [0.15, 0.2) is 0 Å². The smallest absolute Gasteiger partial charge is 0.131 e. The predicted octanol–water partition coefficient (Wildman–Crippen LogP) is 3.17. The quantitative estimate of drug-likeness (QED) is 0.616. The van der Waals surface area contributed by atoms with Crippen LogP contribution in [0.25, 0.3) is 10.9 Å². The average molecular weight is 309 g/mol. The van der Waals surface area contributed by atoms with Crippen LogP contribution in [0, 0.1) is 11.8 Å². The van der Waals surface area contributed by atoms with E-state index in [4.69, 9.17) is 0 Å². The number of allylic oxidation sites excluding steroid dienone is 1. The SMILES string of the molecule is C/C=C1/C[N+]2(C)[C@@H]3C[C@H]1[C@@H](CO)[C@H]2Cc1c3[nH]c2ccccc12. The molecule has 4 aliphatic heterocycles. The van der Waals surface area contributed by atoms with Crippen molar-refractivity contribution in [3.63, 3.8) is 0 Å². The lowest BCUT2D eigenvalue weighted by Gasteiger charge is -2.62. The third-order valence-electron chi connectivity index (χ3n) is 7.13. The normalized spacial score (nSPS) is 39.9. The molecule has 23 heavy (non-hydrogen) atoms. The summed E-state index contributed by atoms with van der Waals surface area (Å²) in [7, 11) is 2.42. The molecule has 2 N–H and O–H groups in total. The van der Waals surface area contributed by atoms with Gasteiger partial charge in [0.05, 0.1) is 25.4 Å². The molecule has 0 spiro atoms. The summed E-state index contributed by atoms with van der Waals surface area (Å²) < 4.78 is 1.08. The Kier molecular flexibility index (Phi) is 2.70. The number of benzene rings is 1. The summed E-state index contributed by atoms with van der Waals surface area (Å²) in [5, 5.41) is 11.5. The second-order valence-corrected chi connectivity index (χ2v) is 7.91. The molecular formula is C20H25N2O+. The van der Waals surface area contributed by atoms with Crippen molar-refractivity contribution in [3.8, 4) is 0 Å². The first-order valence-electron chi connectivity index (χ1n) is 8.87. The number of nitrogens with one attached hydrogen (secondary N) is 1. The summed E-state index contributed by atoms with van der Waals surface area (Å²) in [6, 6.07) is 9.84. The van der Waals surface area contributed by atoms with Gasteiger partial charge in [-0.15, -0.1) is 0 Å². The Hall–Kier alpha value is -1.58. The van der Waals surface area contributed by atoms with Crippen molar-refractivity contribution in [1.29, 1.82) is 0 Å². The zero-order valence-electron chi connectivity index (χ0n) is 13.9. The van der Waals surface area contributed by atoms with Gasteiger partial charge in [-0.05, 0) is 24.1 Å². The number of nitrogens with zero attached hydrogens (tertiary/aromatic N) is 1. The molecule has 3 heteroatoms. The molecule has 1 aromatic carbocycles. The number of fused-ring (bicyclic) bond motifs is 4. The molecule has 6 rings (SSSR count). The number of hydrogen-bond donors (Lipinski definition) is 2. The highest BCUT2D eigenvalue weighted by Gasteiger charge is 2.61. The van der Waals surface area contributed by atoms with Crippen molar-refractivity contribution in [2.24, 2.45) is 11.8 Å². The summed E-state index contributed by atoms with van der Waals surface area (Å²) in [5.74, 6) is 0.984. The lowest BCUT2D eigenvalue weighted by Crippen LogP contribution is -2.70. The number of aromatic amines is 1. The van der Waals surface area contributed by atoms with Gasteiger partial charge >= 0.3 is 0 Å². The lowest BCUT2D eigenvalue weighted by atomic mass is 9.62. The maximum Gasteiger partial charge on any atom is 0.131 e. The van der Waals surface area contributed by atoms with Gasteiger partial charge in [0.1, 0.15) is 12.6 Å². The molecule has 4 aliphatic rings. The topological polar surface area (TPSA) is 36.0 Å². The lowest BCUT2D eigenvalue weighted by molar-refractivity contribution is -0.978. The second-order valence-electron chi connectivity index (χ2n) is 7.91. The molecule has 120 valence electrons. The Morgan fingerprint density at radius 3 is 2.96 bits per heavy atom. The highest BCUT2D eigenvalue weighted by atomic mass is 16.3. The molecule has 0 amide bonds. The van der Waals surface area contributed by atoms with E-state index < -0.39 is 0 Å². The number of aromatic nitrogens is 1. The van der Waals surface area contributed by atoms with Gasteiger partial charge in [-0.1, -0.05) is 24.3 Å². The van der Waals surface area contributed by atoms with E-state index in [-0.39, 0.29) is 0 Å². The van der Waals surface area contributed by atoms with E-state index in [1.54, 1.807) is 5.57 Å². The maximum absolute atomic E-state index is 10.1. The fourth-order valence-electron chi connectivity index (χ4n) is 6.02. The third-order valence-corrected chi connectivity index (χ3v) is 7.13. The van der Waals surface area contributed by atoms with Crippen molar-refractivity contribution >= 4 is 10.9 Å². The van der Waals surface area contributed by atoms with Gasteiger partial charge in [-0.2, -0.15) is 0 Å². The van der Waals surface area contributed by atoms with Crippen LogP contribution in [-0.2, 0) is 6.42 Å². The maximum atomic E-state index is 10.1. The number of hydrogen-bond acceptors (Lipinski definition) is 1. The van der Waals surface area contributed by atoms with Gasteiger partial charge in [0, 0.05) is 35.6 Å². The first-order valence-corrected chi connectivity index (χ1v) is 8.87. The monoisotopic (exact) mass is 309 g/mol. The van der Waals surface area contributed by atoms with E-state index in [9.17, 15) is 5.11 Å². The minimum atomic E-state index is 0.324. The van der Waals surface area contributed by atoms with Crippen LogP contribution in [-0.4, -0.2) is 40.8 Å². The van der Waals surface area contributed by atoms with Crippen LogP contribution in [0.15, 0.2) is 35.9 Å². The summed E-state index contributed by atoms with van der Waals surface area (Å²) in [5.41, 5.74) is 5.84. The van der Waals surface area contributed by atoms with E-state index >= 15 is 0 Å². The fraction of sp³-hybridized carbons (Fsp3) is 0.500. The van der Waals surface area contributed by atoms with Crippen molar-refractivity contribution in [3.05, 3.63) is 47.2 Å². The first-order chi connectivity index (χ1) is 11.2. The minimum absolute atomic E-state index is 0.324. The van der Waals surface area contributed by atoms with Gasteiger partial charge in [-0.3, -0.25) is 0 Å². The van der Waals surface area contributed by atoms with Gasteiger partial charge in [0.25, 0.3) is 0 Å². The van der Waals surface area contributed by atoms with Gasteiger partial charge < -0.3 is 14.6 Å². The summed E-state index contributed by atoms with van der Waals surface area (Å²) in [6.45, 7) is 3.65. The number of piperidine rings is 3. The van der Waals surface area contributed by atoms with Gasteiger partial charge in [-0.25, -0.2) is 0 Å². The Bertz CT molecular complexity index is 820. The van der Waals surface area contributed by atoms with E-state index in [0.29, 0.717) is 30.5 Å². The molecule has 1 unspecified atom stereocenters. The zero-order chi connectivity index (χ0) is 15.8. The molecule has 5 heterocycles. The molecule has 4 bridgehead atoms. The van der Waals surface area contributed by atoms with Crippen LogP contribution in [0.2, 0.25) is 0 Å². The minimum Gasteiger partial charge on any atom is -0.396 e. The number of H-pyrrole nitrogens is 1. The highest BCUT2D eigenvalue weighted by molar-refractivity contribution is 5.85. The molecule has 5 atom stereocenters. The van der Waals surface area contributed by atoms with Crippen LogP contribution in [0.5, 0.6) is 0 Å². The van der Waals surface area contributed by atoms with E-state index in [1.165, 1.54) is 28.6 Å². The van der Waals surface area contributed by atoms with Gasteiger partial charge in [0.2, 0.25) is 0 Å². The third kappa shape index (κ3) is 1.57. The predicted molar refractivity (Wildman–Crippen MR) is 92.0 cm³/mol. The Labute approximate surface area is 137 Å². The van der Waals surface area contributed by atoms with Crippen molar-refractivity contribution in [2.75, 3.05) is 20.2 Å². The summed E-state index contributed by atoms with van der Waals surface area (Å²) in [6.07, 6.45) is 4.59. The summed E-state index contributed by atoms with van der Waals surface area (Å²) >= 11 is 0. The number of quaternary nitrogens is 1. The molecule has 3 nitrogen and oxygen atoms in total. The van der Waals surface area contributed by atoms with Crippen LogP contribution < -0.4 is 0 Å². The zero-order valence-corrected chi connectivity index (χ0v) is 13.9. The number of aliphatic hydroxyl groups excluding tert-OH is 1. The molecular weight excluding hydrogens is 284 g/mol.